The fraction of sp³-hybridized carbons (Fsp3) is 1.00. The number of hydrogen-bond acceptors (Lipinski definition) is 2. The van der Waals surface area contributed by atoms with Crippen LogP contribution in [0.1, 0.15) is 46.0 Å². The molecule has 0 aliphatic heterocycles. The van der Waals surface area contributed by atoms with Crippen LogP contribution in [0.2, 0.25) is 0 Å². The standard InChI is InChI=1S/C11H25NS/c1-4-6-7-8-9-12-11(5-2)10-13-3/h11-12H,4-10H2,1-3H3. The summed E-state index contributed by atoms with van der Waals surface area (Å²) >= 11 is 1.94. The van der Waals surface area contributed by atoms with E-state index >= 15 is 0 Å². The van der Waals surface area contributed by atoms with Gasteiger partial charge in [0.25, 0.3) is 0 Å². The minimum atomic E-state index is 0.733. The zero-order valence-electron chi connectivity index (χ0n) is 9.44. The van der Waals surface area contributed by atoms with Crippen LogP contribution >= 0.6 is 11.8 Å². The molecule has 0 aliphatic rings. The average Bonchev–Trinajstić information content (AvgIpc) is 2.16. The first-order valence-corrected chi connectivity index (χ1v) is 6.96. The molecule has 0 rings (SSSR count). The number of thioether (sulfide) groups is 1. The van der Waals surface area contributed by atoms with Crippen LogP contribution < -0.4 is 5.32 Å². The number of unbranched alkanes of at least 4 members (excludes halogenated alkanes) is 3. The minimum Gasteiger partial charge on any atom is -0.313 e. The highest BCUT2D eigenvalue weighted by Gasteiger charge is 2.02. The Labute approximate surface area is 88.1 Å². The van der Waals surface area contributed by atoms with Crippen molar-refractivity contribution in [2.75, 3.05) is 18.6 Å². The first kappa shape index (κ1) is 13.3. The second-order valence-electron chi connectivity index (χ2n) is 3.58. The summed E-state index contributed by atoms with van der Waals surface area (Å²) in [5.41, 5.74) is 0. The summed E-state index contributed by atoms with van der Waals surface area (Å²) < 4.78 is 0. The molecule has 1 atom stereocenters. The lowest BCUT2D eigenvalue weighted by Crippen LogP contribution is -2.31. The molecule has 13 heavy (non-hydrogen) atoms. The molecule has 0 aromatic carbocycles. The highest BCUT2D eigenvalue weighted by atomic mass is 32.2. The van der Waals surface area contributed by atoms with Crippen molar-refractivity contribution in [2.24, 2.45) is 0 Å². The predicted octanol–water partition coefficient (Wildman–Crippen LogP) is 3.30. The first-order chi connectivity index (χ1) is 6.35. The molecule has 0 saturated heterocycles. The molecule has 0 aliphatic carbocycles. The maximum atomic E-state index is 3.61. The van der Waals surface area contributed by atoms with Crippen molar-refractivity contribution >= 4 is 11.8 Å². The number of hydrogen-bond donors (Lipinski definition) is 1. The Morgan fingerprint density at radius 1 is 1.15 bits per heavy atom. The molecule has 0 amide bonds. The van der Waals surface area contributed by atoms with E-state index in [0.717, 1.165) is 6.04 Å². The van der Waals surface area contributed by atoms with E-state index in [0.29, 0.717) is 0 Å². The van der Waals surface area contributed by atoms with E-state index in [2.05, 4.69) is 25.4 Å². The largest absolute Gasteiger partial charge is 0.313 e. The van der Waals surface area contributed by atoms with Gasteiger partial charge in [0, 0.05) is 11.8 Å². The van der Waals surface area contributed by atoms with Crippen molar-refractivity contribution in [1.29, 1.82) is 0 Å². The molecule has 0 aromatic rings. The van der Waals surface area contributed by atoms with E-state index in [9.17, 15) is 0 Å². The molecule has 0 spiro atoms. The van der Waals surface area contributed by atoms with Crippen molar-refractivity contribution in [2.45, 2.75) is 52.0 Å². The smallest absolute Gasteiger partial charge is 0.0155 e. The number of rotatable bonds is 9. The molecule has 0 radical (unpaired) electrons. The molecule has 0 bridgehead atoms. The quantitative estimate of drug-likeness (QED) is 0.577. The van der Waals surface area contributed by atoms with Crippen molar-refractivity contribution in [1.82, 2.24) is 5.32 Å². The summed E-state index contributed by atoms with van der Waals surface area (Å²) in [4.78, 5) is 0. The summed E-state index contributed by atoms with van der Waals surface area (Å²) in [7, 11) is 0. The van der Waals surface area contributed by atoms with Gasteiger partial charge in [-0.1, -0.05) is 33.1 Å². The van der Waals surface area contributed by atoms with Gasteiger partial charge in [0.1, 0.15) is 0 Å². The molecule has 0 heterocycles. The molecule has 2 heteroatoms. The van der Waals surface area contributed by atoms with Gasteiger partial charge in [-0.3, -0.25) is 0 Å². The molecule has 80 valence electrons. The fourth-order valence-corrected chi connectivity index (χ4v) is 2.14. The normalized spacial score (nSPS) is 13.2. The minimum absolute atomic E-state index is 0.733. The Morgan fingerprint density at radius 2 is 1.92 bits per heavy atom. The summed E-state index contributed by atoms with van der Waals surface area (Å²) in [5.74, 6) is 1.25. The van der Waals surface area contributed by atoms with Crippen LogP contribution in [0.25, 0.3) is 0 Å². The van der Waals surface area contributed by atoms with Gasteiger partial charge in [0.15, 0.2) is 0 Å². The van der Waals surface area contributed by atoms with Gasteiger partial charge in [-0.05, 0) is 25.6 Å². The van der Waals surface area contributed by atoms with Gasteiger partial charge < -0.3 is 5.32 Å². The number of nitrogens with one attached hydrogen (secondary N) is 1. The Hall–Kier alpha value is 0.310. The molecule has 1 unspecified atom stereocenters. The molecule has 0 fully saturated rings. The summed E-state index contributed by atoms with van der Waals surface area (Å²) in [5, 5.41) is 3.61. The highest BCUT2D eigenvalue weighted by molar-refractivity contribution is 7.98. The van der Waals surface area contributed by atoms with Gasteiger partial charge >= 0.3 is 0 Å². The maximum absolute atomic E-state index is 3.61. The van der Waals surface area contributed by atoms with Crippen LogP contribution in [0.3, 0.4) is 0 Å². The van der Waals surface area contributed by atoms with Crippen LogP contribution in [0.15, 0.2) is 0 Å². The topological polar surface area (TPSA) is 12.0 Å². The molecule has 0 aromatic heterocycles. The Bertz CT molecular complexity index is 96.1. The Morgan fingerprint density at radius 3 is 2.46 bits per heavy atom. The summed E-state index contributed by atoms with van der Waals surface area (Å²) in [6.45, 7) is 5.73. The van der Waals surface area contributed by atoms with Gasteiger partial charge in [-0.15, -0.1) is 0 Å². The van der Waals surface area contributed by atoms with Gasteiger partial charge in [-0.2, -0.15) is 11.8 Å². The SMILES string of the molecule is CCCCCCNC(CC)CSC. The fourth-order valence-electron chi connectivity index (χ4n) is 1.38. The van der Waals surface area contributed by atoms with Crippen LogP contribution in [0.4, 0.5) is 0 Å². The van der Waals surface area contributed by atoms with E-state index in [-0.39, 0.29) is 0 Å². The first-order valence-electron chi connectivity index (χ1n) is 5.57. The van der Waals surface area contributed by atoms with E-state index in [4.69, 9.17) is 0 Å². The lowest BCUT2D eigenvalue weighted by molar-refractivity contribution is 0.515. The van der Waals surface area contributed by atoms with Gasteiger partial charge in [0.2, 0.25) is 0 Å². The van der Waals surface area contributed by atoms with E-state index in [1.54, 1.807) is 0 Å². The molecular formula is C11H25NS. The zero-order valence-corrected chi connectivity index (χ0v) is 10.3. The van der Waals surface area contributed by atoms with Crippen molar-refractivity contribution in [3.8, 4) is 0 Å². The van der Waals surface area contributed by atoms with Crippen molar-refractivity contribution in [3.63, 3.8) is 0 Å². The molecule has 0 saturated carbocycles. The van der Waals surface area contributed by atoms with Crippen molar-refractivity contribution < 1.29 is 0 Å². The van der Waals surface area contributed by atoms with E-state index in [1.807, 2.05) is 11.8 Å². The third-order valence-corrected chi connectivity index (χ3v) is 3.06. The predicted molar refractivity (Wildman–Crippen MR) is 64.6 cm³/mol. The van der Waals surface area contributed by atoms with Crippen molar-refractivity contribution in [3.05, 3.63) is 0 Å². The zero-order chi connectivity index (χ0) is 9.94. The van der Waals surface area contributed by atoms with Gasteiger partial charge in [-0.25, -0.2) is 0 Å². The second-order valence-corrected chi connectivity index (χ2v) is 4.49. The summed E-state index contributed by atoms with van der Waals surface area (Å²) in [6, 6.07) is 0.733. The van der Waals surface area contributed by atoms with Crippen LogP contribution in [0.5, 0.6) is 0 Å². The molecule has 1 nitrogen and oxygen atoms in total. The van der Waals surface area contributed by atoms with Crippen LogP contribution in [0, 0.1) is 0 Å². The third kappa shape index (κ3) is 8.63. The monoisotopic (exact) mass is 203 g/mol. The lowest BCUT2D eigenvalue weighted by atomic mass is 10.2. The van der Waals surface area contributed by atoms with Gasteiger partial charge in [0.05, 0.1) is 0 Å². The Kier molecular flexibility index (Phi) is 10.6. The lowest BCUT2D eigenvalue weighted by Gasteiger charge is -2.15. The van der Waals surface area contributed by atoms with Crippen LogP contribution in [-0.2, 0) is 0 Å². The van der Waals surface area contributed by atoms with Crippen LogP contribution in [-0.4, -0.2) is 24.6 Å². The average molecular weight is 203 g/mol. The third-order valence-electron chi connectivity index (χ3n) is 2.32. The second kappa shape index (κ2) is 10.4. The maximum Gasteiger partial charge on any atom is 0.0155 e. The molecular weight excluding hydrogens is 178 g/mol. The highest BCUT2D eigenvalue weighted by Crippen LogP contribution is 2.02. The van der Waals surface area contributed by atoms with E-state index in [1.165, 1.54) is 44.4 Å². The summed E-state index contributed by atoms with van der Waals surface area (Å²) in [6.07, 6.45) is 8.90. The van der Waals surface area contributed by atoms with E-state index < -0.39 is 0 Å². The Balaban J connectivity index is 3.17. The molecule has 1 N–H and O–H groups in total.